The molecule has 0 unspecified atom stereocenters. The third-order valence-corrected chi connectivity index (χ3v) is 2.47. The van der Waals surface area contributed by atoms with Crippen molar-refractivity contribution in [3.8, 4) is 5.75 Å². The van der Waals surface area contributed by atoms with Gasteiger partial charge in [0.25, 0.3) is 0 Å². The Morgan fingerprint density at radius 1 is 1.24 bits per heavy atom. The van der Waals surface area contributed by atoms with Gasteiger partial charge in [-0.25, -0.2) is 4.68 Å². The summed E-state index contributed by atoms with van der Waals surface area (Å²) >= 11 is 0. The molecule has 7 heteroatoms. The van der Waals surface area contributed by atoms with Crippen molar-refractivity contribution in [2.24, 2.45) is 5.73 Å². The molecule has 0 saturated heterocycles. The molecule has 2 aromatic rings. The fourth-order valence-corrected chi connectivity index (χ4v) is 1.55. The van der Waals surface area contributed by atoms with Gasteiger partial charge in [-0.2, -0.15) is 0 Å². The Morgan fingerprint density at radius 2 is 1.88 bits per heavy atom. The first-order chi connectivity index (χ1) is 8.08. The number of nitrogens with zero attached hydrogens (tertiary/aromatic N) is 3. The molecule has 0 spiro atoms. The predicted molar refractivity (Wildman–Crippen MR) is 63.3 cm³/mol. The van der Waals surface area contributed by atoms with Gasteiger partial charge >= 0.3 is 0 Å². The number of phenols is 1. The second-order valence-electron chi connectivity index (χ2n) is 3.76. The van der Waals surface area contributed by atoms with E-state index < -0.39 is 6.04 Å². The number of anilines is 1. The van der Waals surface area contributed by atoms with Crippen LogP contribution in [0.4, 0.5) is 5.95 Å². The molecule has 0 amide bonds. The van der Waals surface area contributed by atoms with Crippen molar-refractivity contribution < 1.29 is 5.11 Å². The van der Waals surface area contributed by atoms with E-state index in [0.29, 0.717) is 12.2 Å². The Labute approximate surface area is 97.8 Å². The van der Waals surface area contributed by atoms with Crippen molar-refractivity contribution in [2.45, 2.75) is 12.5 Å². The van der Waals surface area contributed by atoms with Crippen LogP contribution in [0.5, 0.6) is 5.75 Å². The van der Waals surface area contributed by atoms with E-state index in [1.54, 1.807) is 24.3 Å². The number of nitrogens with two attached hydrogens (primary N) is 3. The SMILES string of the molecule is Nc1nnc([C@@H](N)Cc2ccc(O)cc2)n1N. The fraction of sp³-hybridized carbons (Fsp3) is 0.200. The molecule has 0 bridgehead atoms. The normalized spacial score (nSPS) is 12.5. The molecule has 0 aliphatic carbocycles. The van der Waals surface area contributed by atoms with E-state index in [-0.39, 0.29) is 11.7 Å². The van der Waals surface area contributed by atoms with Gasteiger partial charge in [-0.1, -0.05) is 12.1 Å². The van der Waals surface area contributed by atoms with Gasteiger partial charge in [0, 0.05) is 0 Å². The second-order valence-corrected chi connectivity index (χ2v) is 3.76. The van der Waals surface area contributed by atoms with Crippen molar-refractivity contribution in [3.05, 3.63) is 35.7 Å². The largest absolute Gasteiger partial charge is 0.508 e. The Morgan fingerprint density at radius 3 is 2.41 bits per heavy atom. The number of aromatic nitrogens is 3. The molecule has 7 nitrogen and oxygen atoms in total. The quantitative estimate of drug-likeness (QED) is 0.531. The lowest BCUT2D eigenvalue weighted by atomic mass is 10.1. The zero-order chi connectivity index (χ0) is 12.4. The van der Waals surface area contributed by atoms with Crippen LogP contribution in [0, 0.1) is 0 Å². The first kappa shape index (κ1) is 11.2. The molecule has 1 heterocycles. The minimum Gasteiger partial charge on any atom is -0.508 e. The van der Waals surface area contributed by atoms with E-state index in [1.807, 2.05) is 0 Å². The van der Waals surface area contributed by atoms with Crippen LogP contribution in [0.25, 0.3) is 0 Å². The maximum absolute atomic E-state index is 9.16. The number of nitrogen functional groups attached to an aromatic ring is 2. The highest BCUT2D eigenvalue weighted by molar-refractivity contribution is 5.27. The van der Waals surface area contributed by atoms with E-state index >= 15 is 0 Å². The van der Waals surface area contributed by atoms with Crippen LogP contribution < -0.4 is 17.3 Å². The Balaban J connectivity index is 2.14. The smallest absolute Gasteiger partial charge is 0.240 e. The van der Waals surface area contributed by atoms with Gasteiger partial charge in [-0.05, 0) is 24.1 Å². The molecule has 0 radical (unpaired) electrons. The minimum atomic E-state index is -0.394. The lowest BCUT2D eigenvalue weighted by Crippen LogP contribution is -2.23. The number of rotatable bonds is 3. The highest BCUT2D eigenvalue weighted by atomic mass is 16.3. The maximum Gasteiger partial charge on any atom is 0.240 e. The number of hydrogen-bond donors (Lipinski definition) is 4. The van der Waals surface area contributed by atoms with Gasteiger partial charge in [-0.3, -0.25) is 0 Å². The van der Waals surface area contributed by atoms with Gasteiger partial charge in [0.2, 0.25) is 5.95 Å². The summed E-state index contributed by atoms with van der Waals surface area (Å²) in [5.74, 6) is 6.40. The van der Waals surface area contributed by atoms with Crippen LogP contribution in [0.2, 0.25) is 0 Å². The minimum absolute atomic E-state index is 0.126. The van der Waals surface area contributed by atoms with Crippen LogP contribution >= 0.6 is 0 Å². The predicted octanol–water partition coefficient (Wildman–Crippen LogP) is -0.478. The molecule has 90 valence electrons. The average molecular weight is 234 g/mol. The highest BCUT2D eigenvalue weighted by Gasteiger charge is 2.15. The summed E-state index contributed by atoms with van der Waals surface area (Å²) in [6.45, 7) is 0. The van der Waals surface area contributed by atoms with Gasteiger partial charge < -0.3 is 22.4 Å². The van der Waals surface area contributed by atoms with Gasteiger partial charge in [-0.15, -0.1) is 10.2 Å². The summed E-state index contributed by atoms with van der Waals surface area (Å²) in [5, 5.41) is 16.6. The molecule has 0 aliphatic heterocycles. The molecule has 1 atom stereocenters. The first-order valence-corrected chi connectivity index (χ1v) is 5.07. The average Bonchev–Trinajstić information content (AvgIpc) is 2.63. The van der Waals surface area contributed by atoms with Gasteiger partial charge in [0.05, 0.1) is 6.04 Å². The molecule has 7 N–H and O–H groups in total. The lowest BCUT2D eigenvalue weighted by Gasteiger charge is -2.10. The second kappa shape index (κ2) is 4.30. The van der Waals surface area contributed by atoms with Crippen LogP contribution in [0.1, 0.15) is 17.4 Å². The molecule has 2 rings (SSSR count). The van der Waals surface area contributed by atoms with E-state index in [0.717, 1.165) is 5.56 Å². The zero-order valence-electron chi connectivity index (χ0n) is 9.11. The summed E-state index contributed by atoms with van der Waals surface area (Å²) < 4.78 is 1.17. The standard InChI is InChI=1S/C10H14N6O/c11-8(9-14-15-10(12)16(9)13)5-6-1-3-7(17)4-2-6/h1-4,8,17H,5,11,13H2,(H2,12,15)/t8-/m0/s1. The zero-order valence-corrected chi connectivity index (χ0v) is 9.11. The van der Waals surface area contributed by atoms with Crippen molar-refractivity contribution in [3.63, 3.8) is 0 Å². The van der Waals surface area contributed by atoms with E-state index in [2.05, 4.69) is 10.2 Å². The van der Waals surface area contributed by atoms with E-state index in [9.17, 15) is 0 Å². The Kier molecular flexibility index (Phi) is 2.84. The molecular formula is C10H14N6O. The molecule has 1 aromatic carbocycles. The molecule has 0 fully saturated rings. The third kappa shape index (κ3) is 2.28. The van der Waals surface area contributed by atoms with E-state index in [4.69, 9.17) is 22.4 Å². The molecule has 17 heavy (non-hydrogen) atoms. The van der Waals surface area contributed by atoms with Crippen molar-refractivity contribution in [2.75, 3.05) is 11.6 Å². The lowest BCUT2D eigenvalue weighted by molar-refractivity contribution is 0.475. The summed E-state index contributed by atoms with van der Waals surface area (Å²) in [6, 6.07) is 6.38. The van der Waals surface area contributed by atoms with Crippen molar-refractivity contribution in [1.29, 1.82) is 0 Å². The maximum atomic E-state index is 9.16. The molecule has 1 aromatic heterocycles. The summed E-state index contributed by atoms with van der Waals surface area (Å²) in [5.41, 5.74) is 12.4. The summed E-state index contributed by atoms with van der Waals surface area (Å²) in [6.07, 6.45) is 0.537. The van der Waals surface area contributed by atoms with Crippen LogP contribution in [0.3, 0.4) is 0 Å². The Bertz CT molecular complexity index is 506. The van der Waals surface area contributed by atoms with E-state index in [1.165, 1.54) is 4.68 Å². The number of phenolic OH excluding ortho intramolecular Hbond substituents is 1. The van der Waals surface area contributed by atoms with Gasteiger partial charge in [0.15, 0.2) is 5.82 Å². The van der Waals surface area contributed by atoms with Crippen molar-refractivity contribution in [1.82, 2.24) is 14.9 Å². The molecule has 0 aliphatic rings. The summed E-state index contributed by atoms with van der Waals surface area (Å²) in [4.78, 5) is 0. The first-order valence-electron chi connectivity index (χ1n) is 5.07. The Hall–Kier alpha value is -2.28. The molecular weight excluding hydrogens is 220 g/mol. The van der Waals surface area contributed by atoms with Crippen LogP contribution in [0.15, 0.2) is 24.3 Å². The van der Waals surface area contributed by atoms with Crippen molar-refractivity contribution >= 4 is 5.95 Å². The summed E-state index contributed by atoms with van der Waals surface area (Å²) in [7, 11) is 0. The third-order valence-electron chi connectivity index (χ3n) is 2.47. The number of hydrogen-bond acceptors (Lipinski definition) is 6. The number of benzene rings is 1. The topological polar surface area (TPSA) is 129 Å². The number of aromatic hydroxyl groups is 1. The monoisotopic (exact) mass is 234 g/mol. The van der Waals surface area contributed by atoms with Crippen LogP contribution in [-0.4, -0.2) is 20.0 Å². The van der Waals surface area contributed by atoms with Crippen LogP contribution in [-0.2, 0) is 6.42 Å². The highest BCUT2D eigenvalue weighted by Crippen LogP contribution is 2.16. The van der Waals surface area contributed by atoms with Gasteiger partial charge in [0.1, 0.15) is 5.75 Å². The fourth-order valence-electron chi connectivity index (χ4n) is 1.55. The molecule has 0 saturated carbocycles.